The minimum atomic E-state index is -5.08. The molecule has 0 heterocycles. The Morgan fingerprint density at radius 2 is 0.473 bits per heavy atom. The Labute approximate surface area is 330 Å². The molecule has 6 aromatic rings. The van der Waals surface area contributed by atoms with Crippen LogP contribution in [0.4, 0.5) is 26.3 Å². The van der Waals surface area contributed by atoms with Gasteiger partial charge in [-0.25, -0.2) is 9.59 Å². The zero-order chi connectivity index (χ0) is 40.0. The molecule has 0 saturated carbocycles. The zero-order valence-corrected chi connectivity index (χ0v) is 32.2. The van der Waals surface area contributed by atoms with E-state index in [1.165, 1.54) is 31.8 Å². The fourth-order valence-corrected chi connectivity index (χ4v) is 8.97. The maximum atomic E-state index is 10.6. The Morgan fingerprint density at radius 3 is 0.564 bits per heavy atom. The number of aliphatic carboxylic acids is 2. The summed E-state index contributed by atoms with van der Waals surface area (Å²) >= 11 is 0. The second-order valence-electron chi connectivity index (χ2n) is 10.3. The molecule has 6 rings (SSSR count). The monoisotopic (exact) mass is 884 g/mol. The van der Waals surface area contributed by atoms with E-state index in [1.54, 1.807) is 0 Å². The first kappa shape index (κ1) is 48.0. The number of hydrogen-bond acceptors (Lipinski definition) is 3. The summed E-state index contributed by atoms with van der Waals surface area (Å²) in [5, 5.41) is 22.6. The number of alkyl halides is 6. The molecule has 6 aromatic carbocycles. The van der Waals surface area contributed by atoms with Crippen LogP contribution in [0.15, 0.2) is 182 Å². The van der Waals surface area contributed by atoms with Crippen LogP contribution in [0.3, 0.4) is 0 Å². The Bertz CT molecular complexity index is 1600. The van der Waals surface area contributed by atoms with Gasteiger partial charge in [0.25, 0.3) is 0 Å². The molecular formula is C41H34F6O5P2Ru. The van der Waals surface area contributed by atoms with Gasteiger partial charge in [0.05, 0.1) is 0 Å². The van der Waals surface area contributed by atoms with Gasteiger partial charge in [-0.15, -0.1) is 0 Å². The number of halogens is 6. The van der Waals surface area contributed by atoms with Crippen LogP contribution in [0.2, 0.25) is 0 Å². The number of hydrogen-bond donors (Lipinski definition) is 2. The third-order valence-electron chi connectivity index (χ3n) is 6.57. The van der Waals surface area contributed by atoms with Gasteiger partial charge in [0.1, 0.15) is 6.79 Å². The third kappa shape index (κ3) is 17.3. The molecule has 0 atom stereocenters. The molecule has 55 heavy (non-hydrogen) atoms. The van der Waals surface area contributed by atoms with Crippen molar-refractivity contribution in [3.8, 4) is 0 Å². The fourth-order valence-electron chi connectivity index (χ4n) is 4.36. The van der Waals surface area contributed by atoms with E-state index in [9.17, 15) is 26.3 Å². The molecule has 0 bridgehead atoms. The van der Waals surface area contributed by atoms with Crippen LogP contribution in [0, 0.1) is 0 Å². The minimum absolute atomic E-state index is 0. The summed E-state index contributed by atoms with van der Waals surface area (Å²) in [6, 6.07) is 64.7. The molecule has 288 valence electrons. The third-order valence-corrected chi connectivity index (χ3v) is 11.5. The number of carbonyl (C=O) groups excluding carboxylic acids is 1. The van der Waals surface area contributed by atoms with Crippen LogP contribution in [0.25, 0.3) is 0 Å². The van der Waals surface area contributed by atoms with Crippen LogP contribution >= 0.6 is 15.8 Å². The Morgan fingerprint density at radius 1 is 0.364 bits per heavy atom. The van der Waals surface area contributed by atoms with E-state index in [4.69, 9.17) is 24.6 Å². The van der Waals surface area contributed by atoms with Gasteiger partial charge in [0, 0.05) is 19.5 Å². The largest absolute Gasteiger partial charge is 0.490 e. The van der Waals surface area contributed by atoms with Gasteiger partial charge < -0.3 is 15.0 Å². The molecule has 0 aliphatic carbocycles. The number of carbonyl (C=O) groups is 3. The summed E-state index contributed by atoms with van der Waals surface area (Å²) < 4.78 is 63.5. The summed E-state index contributed by atoms with van der Waals surface area (Å²) in [5.74, 6) is -5.51. The smallest absolute Gasteiger partial charge is 0.475 e. The van der Waals surface area contributed by atoms with Crippen molar-refractivity contribution < 1.29 is 70.4 Å². The van der Waals surface area contributed by atoms with E-state index in [1.807, 2.05) is 6.79 Å². The van der Waals surface area contributed by atoms with E-state index in [-0.39, 0.29) is 19.5 Å². The van der Waals surface area contributed by atoms with Crippen molar-refractivity contribution >= 4 is 66.4 Å². The minimum Gasteiger partial charge on any atom is -0.475 e. The topological polar surface area (TPSA) is 91.7 Å². The maximum absolute atomic E-state index is 10.6. The van der Waals surface area contributed by atoms with Gasteiger partial charge in [-0.2, -0.15) is 26.3 Å². The first-order chi connectivity index (χ1) is 25.8. The molecule has 2 N–H and O–H groups in total. The van der Waals surface area contributed by atoms with Crippen LogP contribution in [-0.4, -0.2) is 41.3 Å². The van der Waals surface area contributed by atoms with Crippen molar-refractivity contribution in [1.29, 1.82) is 0 Å². The molecule has 0 radical (unpaired) electrons. The van der Waals surface area contributed by atoms with Crippen LogP contribution in [0.1, 0.15) is 0 Å². The summed E-state index contributed by atoms with van der Waals surface area (Å²) in [6.45, 7) is 2.00. The number of benzene rings is 6. The Hall–Kier alpha value is -5.01. The van der Waals surface area contributed by atoms with Crippen molar-refractivity contribution in [3.05, 3.63) is 182 Å². The van der Waals surface area contributed by atoms with Gasteiger partial charge in [-0.05, 0) is 47.7 Å². The molecule has 14 heteroatoms. The predicted molar refractivity (Wildman–Crippen MR) is 205 cm³/mol. The molecule has 0 spiro atoms. The van der Waals surface area contributed by atoms with Crippen molar-refractivity contribution in [3.63, 3.8) is 0 Å². The number of carboxylic acids is 2. The molecule has 0 unspecified atom stereocenters. The van der Waals surface area contributed by atoms with E-state index in [2.05, 4.69) is 182 Å². The summed E-state index contributed by atoms with van der Waals surface area (Å²) in [7, 11) is -0.892. The quantitative estimate of drug-likeness (QED) is 0.101. The molecular weight excluding hydrogens is 849 g/mol. The standard InChI is InChI=1S/2C18H15P.2C2HF3O2.CH2O.Ru/c2*1-4-10-16(11-5-1)19(17-12-6-2-7-13-17)18-14-8-3-9-15-18;2*3-2(4,5)1(6)7;1-2;/h2*1-15H;2*(H,6,7);1H2;. The second kappa shape index (κ2) is 25.1. The molecule has 0 aliphatic heterocycles. The molecule has 0 saturated heterocycles. The first-order valence-corrected chi connectivity index (χ1v) is 18.3. The normalized spacial score (nSPS) is 10.3. The van der Waals surface area contributed by atoms with Crippen molar-refractivity contribution in [2.45, 2.75) is 12.4 Å². The SMILES string of the molecule is C=O.O=C(O)C(F)(F)F.O=C(O)C(F)(F)F.[Ru].c1ccc(P(c2ccccc2)c2ccccc2)cc1.c1ccc(P(c2ccccc2)c2ccccc2)cc1. The van der Waals surface area contributed by atoms with Crippen molar-refractivity contribution in [2.75, 3.05) is 0 Å². The predicted octanol–water partition coefficient (Wildman–Crippen LogP) is 7.97. The summed E-state index contributed by atoms with van der Waals surface area (Å²) in [4.78, 5) is 25.8. The number of rotatable bonds is 6. The fraction of sp³-hybridized carbons (Fsp3) is 0.0488. The van der Waals surface area contributed by atoms with E-state index >= 15 is 0 Å². The van der Waals surface area contributed by atoms with Gasteiger partial charge >= 0.3 is 24.3 Å². The van der Waals surface area contributed by atoms with Crippen molar-refractivity contribution in [2.24, 2.45) is 0 Å². The molecule has 0 fully saturated rings. The molecule has 0 aromatic heterocycles. The van der Waals surface area contributed by atoms with Crippen LogP contribution in [-0.2, 0) is 33.9 Å². The van der Waals surface area contributed by atoms with E-state index < -0.39 is 40.1 Å². The van der Waals surface area contributed by atoms with E-state index in [0.29, 0.717) is 0 Å². The number of carboxylic acid groups (broad SMARTS) is 2. The first-order valence-electron chi connectivity index (χ1n) is 15.6. The molecule has 0 amide bonds. The average Bonchev–Trinajstić information content (AvgIpc) is 3.18. The average molecular weight is 884 g/mol. The van der Waals surface area contributed by atoms with Crippen LogP contribution in [0.5, 0.6) is 0 Å². The van der Waals surface area contributed by atoms with Gasteiger partial charge in [-0.1, -0.05) is 182 Å². The van der Waals surface area contributed by atoms with Crippen molar-refractivity contribution in [1.82, 2.24) is 0 Å². The maximum Gasteiger partial charge on any atom is 0.490 e. The molecule has 5 nitrogen and oxygen atoms in total. The summed E-state index contributed by atoms with van der Waals surface area (Å²) in [6.07, 6.45) is -10.2. The van der Waals surface area contributed by atoms with Crippen LogP contribution < -0.4 is 31.8 Å². The van der Waals surface area contributed by atoms with E-state index in [0.717, 1.165) is 0 Å². The van der Waals surface area contributed by atoms with Gasteiger partial charge in [-0.3, -0.25) is 0 Å². The van der Waals surface area contributed by atoms with Gasteiger partial charge in [0.15, 0.2) is 0 Å². The Balaban J connectivity index is 0.000000395. The zero-order valence-electron chi connectivity index (χ0n) is 28.7. The second-order valence-corrected chi connectivity index (χ2v) is 14.7. The molecule has 0 aliphatic rings. The Kier molecular flexibility index (Phi) is 22.0. The summed E-state index contributed by atoms with van der Waals surface area (Å²) in [5.41, 5.74) is 0. The van der Waals surface area contributed by atoms with Gasteiger partial charge in [0.2, 0.25) is 0 Å².